The predicted molar refractivity (Wildman–Crippen MR) is 112 cm³/mol. The van der Waals surface area contributed by atoms with Crippen molar-refractivity contribution in [1.82, 2.24) is 0 Å². The number of epoxide rings is 3. The molecule has 9 nitrogen and oxygen atoms in total. The molecule has 0 bridgehead atoms. The monoisotopic (exact) mass is 474 g/mol. The lowest BCUT2D eigenvalue weighted by Gasteiger charge is -2.59. The Balaban J connectivity index is 1.32. The van der Waals surface area contributed by atoms with Crippen LogP contribution in [-0.2, 0) is 38.1 Å². The summed E-state index contributed by atoms with van der Waals surface area (Å²) in [5, 5.41) is 9.03. The fraction of sp³-hybridized carbons (Fsp3) is 0.800. The fourth-order valence-electron chi connectivity index (χ4n) is 8.63. The molecular weight excluding hydrogens is 444 g/mol. The van der Waals surface area contributed by atoms with Crippen LogP contribution in [0.25, 0.3) is 0 Å². The van der Waals surface area contributed by atoms with E-state index >= 15 is 0 Å². The Morgan fingerprint density at radius 1 is 1.15 bits per heavy atom. The van der Waals surface area contributed by atoms with Crippen LogP contribution in [0.15, 0.2) is 11.1 Å². The molecule has 9 atom stereocenters. The number of carbonyl (C=O) groups is 3. The van der Waals surface area contributed by atoms with Crippen LogP contribution in [0.2, 0.25) is 0 Å². The lowest BCUT2D eigenvalue weighted by molar-refractivity contribution is -0.173. The Labute approximate surface area is 197 Å². The molecule has 4 aliphatic heterocycles. The number of carboxylic acid groups (broad SMARTS) is 1. The maximum atomic E-state index is 12.8. The van der Waals surface area contributed by atoms with Crippen molar-refractivity contribution < 1.29 is 43.2 Å². The molecule has 3 aliphatic carbocycles. The van der Waals surface area contributed by atoms with Crippen molar-refractivity contribution in [1.29, 1.82) is 0 Å². The van der Waals surface area contributed by atoms with Crippen LogP contribution in [0, 0.1) is 16.7 Å². The maximum Gasteiger partial charge on any atom is 0.334 e. The first-order valence-electron chi connectivity index (χ1n) is 12.3. The van der Waals surface area contributed by atoms with E-state index in [0.29, 0.717) is 19.4 Å². The van der Waals surface area contributed by atoms with Crippen molar-refractivity contribution in [2.45, 2.75) is 101 Å². The van der Waals surface area contributed by atoms with Gasteiger partial charge in [0.1, 0.15) is 30.0 Å². The molecule has 0 aromatic carbocycles. The van der Waals surface area contributed by atoms with Gasteiger partial charge in [-0.15, -0.1) is 0 Å². The summed E-state index contributed by atoms with van der Waals surface area (Å²) in [4.78, 5) is 36.2. The Bertz CT molecular complexity index is 1100. The van der Waals surface area contributed by atoms with E-state index in [2.05, 4.69) is 27.7 Å². The molecule has 2 saturated carbocycles. The van der Waals surface area contributed by atoms with Gasteiger partial charge in [-0.3, -0.25) is 9.59 Å². The zero-order valence-corrected chi connectivity index (χ0v) is 19.8. The molecule has 0 unspecified atom stereocenters. The lowest BCUT2D eigenvalue weighted by atomic mass is 9.41. The van der Waals surface area contributed by atoms with E-state index in [0.717, 1.165) is 17.6 Å². The molecule has 184 valence electrons. The maximum absolute atomic E-state index is 12.8. The minimum Gasteiger partial charge on any atom is -0.481 e. The van der Waals surface area contributed by atoms with Gasteiger partial charge in [-0.05, 0) is 30.8 Å². The molecule has 7 aliphatic rings. The molecule has 7 rings (SSSR count). The third kappa shape index (κ3) is 1.98. The van der Waals surface area contributed by atoms with Gasteiger partial charge in [0.25, 0.3) is 0 Å². The van der Waals surface area contributed by atoms with Gasteiger partial charge in [0.05, 0.1) is 18.9 Å². The lowest BCUT2D eigenvalue weighted by Crippen LogP contribution is -2.72. The molecule has 9 heteroatoms. The van der Waals surface area contributed by atoms with Crippen molar-refractivity contribution in [3.8, 4) is 0 Å². The van der Waals surface area contributed by atoms with Gasteiger partial charge >= 0.3 is 17.9 Å². The van der Waals surface area contributed by atoms with Gasteiger partial charge in [0.2, 0.25) is 0 Å². The molecule has 1 N–H and O–H groups in total. The number of hydrogen-bond acceptors (Lipinski definition) is 8. The van der Waals surface area contributed by atoms with Crippen molar-refractivity contribution in [3.05, 3.63) is 11.1 Å². The minimum atomic E-state index is -1.04. The summed E-state index contributed by atoms with van der Waals surface area (Å²) in [6.45, 7) is 8.84. The molecule has 2 spiro atoms. The molecule has 0 amide bonds. The van der Waals surface area contributed by atoms with Crippen molar-refractivity contribution in [3.63, 3.8) is 0 Å². The van der Waals surface area contributed by atoms with Gasteiger partial charge in [-0.2, -0.15) is 0 Å². The van der Waals surface area contributed by atoms with Crippen LogP contribution >= 0.6 is 0 Å². The van der Waals surface area contributed by atoms with E-state index in [1.807, 2.05) is 0 Å². The highest BCUT2D eigenvalue weighted by molar-refractivity contribution is 5.92. The van der Waals surface area contributed by atoms with Crippen LogP contribution in [0.5, 0.6) is 0 Å². The highest BCUT2D eigenvalue weighted by Crippen LogP contribution is 2.85. The van der Waals surface area contributed by atoms with Crippen molar-refractivity contribution >= 4 is 17.9 Å². The van der Waals surface area contributed by atoms with Crippen LogP contribution in [0.1, 0.15) is 59.8 Å². The van der Waals surface area contributed by atoms with E-state index in [-0.39, 0.29) is 53.9 Å². The summed E-state index contributed by atoms with van der Waals surface area (Å²) in [5.41, 5.74) is -1.08. The number of hydrogen-bond donors (Lipinski definition) is 1. The smallest absolute Gasteiger partial charge is 0.334 e. The predicted octanol–water partition coefficient (Wildman–Crippen LogP) is 1.91. The van der Waals surface area contributed by atoms with Gasteiger partial charge in [0.15, 0.2) is 11.7 Å². The Morgan fingerprint density at radius 3 is 2.62 bits per heavy atom. The summed E-state index contributed by atoms with van der Waals surface area (Å²) in [6.07, 6.45) is 0.300. The molecule has 0 aromatic rings. The minimum absolute atomic E-state index is 0.0545. The van der Waals surface area contributed by atoms with Crippen LogP contribution in [-0.4, -0.2) is 70.8 Å². The Hall–Kier alpha value is -1.97. The fourth-order valence-corrected chi connectivity index (χ4v) is 8.63. The summed E-state index contributed by atoms with van der Waals surface area (Å²) in [5.74, 6) is -1.75. The molecule has 4 heterocycles. The van der Waals surface area contributed by atoms with E-state index in [9.17, 15) is 14.4 Å². The Kier molecular flexibility index (Phi) is 3.68. The zero-order valence-electron chi connectivity index (χ0n) is 19.8. The summed E-state index contributed by atoms with van der Waals surface area (Å²) in [6, 6.07) is 0. The van der Waals surface area contributed by atoms with Crippen molar-refractivity contribution in [2.24, 2.45) is 16.7 Å². The number of fused-ring (bicyclic) bond motifs is 4. The number of cyclic esters (lactones) is 1. The van der Waals surface area contributed by atoms with E-state index in [1.54, 1.807) is 0 Å². The quantitative estimate of drug-likeness (QED) is 0.469. The van der Waals surface area contributed by atoms with E-state index in [4.69, 9.17) is 28.8 Å². The Morgan fingerprint density at radius 2 is 1.91 bits per heavy atom. The summed E-state index contributed by atoms with van der Waals surface area (Å²) < 4.78 is 31.2. The first kappa shape index (κ1) is 21.3. The number of carbonyl (C=O) groups excluding carboxylic acids is 2. The molecule has 34 heavy (non-hydrogen) atoms. The highest BCUT2D eigenvalue weighted by Gasteiger charge is 3.02. The van der Waals surface area contributed by atoms with Gasteiger partial charge in [0, 0.05) is 16.4 Å². The summed E-state index contributed by atoms with van der Waals surface area (Å²) in [7, 11) is 0. The third-order valence-electron chi connectivity index (χ3n) is 10.6. The second kappa shape index (κ2) is 5.87. The topological polar surface area (TPSA) is 127 Å². The number of ether oxygens (including phenoxy) is 5. The van der Waals surface area contributed by atoms with Crippen LogP contribution < -0.4 is 0 Å². The largest absolute Gasteiger partial charge is 0.481 e. The number of esters is 2. The van der Waals surface area contributed by atoms with Gasteiger partial charge < -0.3 is 28.8 Å². The number of aliphatic carboxylic acids is 1. The second-order valence-electron chi connectivity index (χ2n) is 11.9. The van der Waals surface area contributed by atoms with E-state index < -0.39 is 34.8 Å². The number of rotatable bonds is 5. The SMILES string of the molecule is CC(C)[C@]12O[C@H]1[C@@H]1O[C@]13[C@]1(O[C@H]1C[C@@]1(C)C4=C(CC[C@]31C)C(=O)OC4)[C@@H]2OC(=O)CCC(=O)O. The van der Waals surface area contributed by atoms with Crippen molar-refractivity contribution in [2.75, 3.05) is 6.61 Å². The molecule has 0 radical (unpaired) electrons. The first-order chi connectivity index (χ1) is 16.0. The number of carboxylic acids is 1. The molecule has 3 saturated heterocycles. The summed E-state index contributed by atoms with van der Waals surface area (Å²) >= 11 is 0. The highest BCUT2D eigenvalue weighted by atomic mass is 16.8. The van der Waals surface area contributed by atoms with Crippen LogP contribution in [0.4, 0.5) is 0 Å². The van der Waals surface area contributed by atoms with Gasteiger partial charge in [-0.1, -0.05) is 27.7 Å². The zero-order chi connectivity index (χ0) is 24.1. The van der Waals surface area contributed by atoms with Gasteiger partial charge in [-0.25, -0.2) is 4.79 Å². The second-order valence-corrected chi connectivity index (χ2v) is 11.9. The molecular formula is C25H30O9. The van der Waals surface area contributed by atoms with E-state index in [1.165, 1.54) is 0 Å². The molecule has 5 fully saturated rings. The normalized spacial score (nSPS) is 52.9. The standard InChI is InChI=1S/C25H30O9/c1-11(2)23-17(33-23)18-25(34-18)22(4)8-7-12-13(10-30-19(12)29)21(22,3)9-14-24(25,32-14)20(23)31-16(28)6-5-15(26)27/h11,14,17-18,20H,5-10H2,1-4H3,(H,26,27)/t14-,17-,18-,20+,21-,22-,23-,24+,25+/m0/s1. The average Bonchev–Trinajstić information content (AvgIpc) is 3.66. The van der Waals surface area contributed by atoms with Crippen LogP contribution in [0.3, 0.4) is 0 Å². The molecule has 0 aromatic heterocycles. The first-order valence-corrected chi connectivity index (χ1v) is 12.3. The average molecular weight is 475 g/mol. The third-order valence-corrected chi connectivity index (χ3v) is 10.6.